The maximum Gasteiger partial charge on any atom is 0.275 e. The van der Waals surface area contributed by atoms with Crippen molar-refractivity contribution in [1.29, 1.82) is 5.41 Å². The number of pyridine rings is 1. The van der Waals surface area contributed by atoms with Gasteiger partial charge in [-0.2, -0.15) is 9.49 Å². The van der Waals surface area contributed by atoms with Crippen molar-refractivity contribution in [3.05, 3.63) is 52.4 Å². The van der Waals surface area contributed by atoms with E-state index in [1.165, 1.54) is 11.6 Å². The largest absolute Gasteiger partial charge is 0.404 e. The van der Waals surface area contributed by atoms with E-state index >= 15 is 0 Å². The Morgan fingerprint density at radius 2 is 2.06 bits per heavy atom. The molecule has 0 saturated heterocycles. The number of aromatic nitrogens is 4. The van der Waals surface area contributed by atoms with Crippen LogP contribution in [0.2, 0.25) is 0 Å². The number of rotatable bonds is 8. The van der Waals surface area contributed by atoms with Gasteiger partial charge in [0.15, 0.2) is 5.82 Å². The van der Waals surface area contributed by atoms with Crippen molar-refractivity contribution in [2.24, 2.45) is 5.73 Å². The molecule has 3 aromatic rings. The number of carbonyl (C=O) groups is 1. The highest BCUT2D eigenvalue weighted by Crippen LogP contribution is 2.34. The summed E-state index contributed by atoms with van der Waals surface area (Å²) in [5, 5.41) is 16.5. The molecule has 1 saturated carbocycles. The van der Waals surface area contributed by atoms with Gasteiger partial charge in [-0.25, -0.2) is 14.4 Å². The van der Waals surface area contributed by atoms with Gasteiger partial charge in [-0.15, -0.1) is 11.3 Å². The molecule has 0 spiro atoms. The third-order valence-corrected chi connectivity index (χ3v) is 6.65. The Hall–Kier alpha value is -3.51. The van der Waals surface area contributed by atoms with Crippen molar-refractivity contribution in [2.75, 3.05) is 11.9 Å². The van der Waals surface area contributed by atoms with Gasteiger partial charge in [0.2, 0.25) is 5.95 Å². The molecule has 12 heteroatoms. The zero-order chi connectivity index (χ0) is 24.9. The molecule has 184 valence electrons. The Bertz CT molecular complexity index is 1250. The molecule has 1 aliphatic carbocycles. The van der Waals surface area contributed by atoms with Gasteiger partial charge in [-0.3, -0.25) is 9.48 Å². The SMILES string of the molecule is CCOC1CCC(n2cc(NC(=O)c3csc(/C(C=N)=C/N)n3)c(-c3nc(F)ccc3F)n2)CC1. The van der Waals surface area contributed by atoms with E-state index in [0.717, 1.165) is 55.4 Å². The molecule has 35 heavy (non-hydrogen) atoms. The molecule has 0 unspecified atom stereocenters. The molecule has 0 aromatic carbocycles. The number of amides is 1. The standard InChI is InChI=1S/C23H25F2N7O2S/c1-2-34-15-5-3-14(4-6-15)32-11-17(21(31-32)20-16(24)7-8-19(25)30-20)28-22(33)18-12-35-23(29-18)13(9-26)10-27/h7-12,14-15,26H,2-6,27H2,1H3,(H,28,33)/b13-10+,26-9?. The Morgan fingerprint density at radius 3 is 2.74 bits per heavy atom. The average Bonchev–Trinajstić information content (AvgIpc) is 3.50. The van der Waals surface area contributed by atoms with Crippen molar-refractivity contribution in [1.82, 2.24) is 19.7 Å². The Morgan fingerprint density at radius 1 is 1.29 bits per heavy atom. The minimum absolute atomic E-state index is 0.0171. The third-order valence-electron chi connectivity index (χ3n) is 5.76. The summed E-state index contributed by atoms with van der Waals surface area (Å²) in [5.41, 5.74) is 5.88. The molecular formula is C23H25F2N7O2S. The fourth-order valence-electron chi connectivity index (χ4n) is 4.02. The molecule has 3 aromatic heterocycles. The van der Waals surface area contributed by atoms with Crippen LogP contribution in [0.1, 0.15) is 54.1 Å². The quantitative estimate of drug-likeness (QED) is 0.310. The lowest BCUT2D eigenvalue weighted by atomic mass is 9.93. The Balaban J connectivity index is 1.64. The highest BCUT2D eigenvalue weighted by molar-refractivity contribution is 7.11. The fourth-order valence-corrected chi connectivity index (χ4v) is 4.82. The molecule has 1 amide bonds. The third kappa shape index (κ3) is 5.43. The molecule has 3 heterocycles. The van der Waals surface area contributed by atoms with E-state index in [1.54, 1.807) is 10.9 Å². The molecule has 0 atom stereocenters. The van der Waals surface area contributed by atoms with Gasteiger partial charge >= 0.3 is 0 Å². The first kappa shape index (κ1) is 24.6. The Kier molecular flexibility index (Phi) is 7.61. The van der Waals surface area contributed by atoms with Crippen LogP contribution in [-0.4, -0.2) is 44.6 Å². The molecule has 9 nitrogen and oxygen atoms in total. The molecule has 4 N–H and O–H groups in total. The number of carbonyl (C=O) groups excluding carboxylic acids is 1. The van der Waals surface area contributed by atoms with E-state index in [1.807, 2.05) is 6.92 Å². The first-order valence-electron chi connectivity index (χ1n) is 11.2. The number of nitrogens with one attached hydrogen (secondary N) is 2. The van der Waals surface area contributed by atoms with E-state index in [0.29, 0.717) is 17.2 Å². The van der Waals surface area contributed by atoms with Gasteiger partial charge in [0, 0.05) is 36.2 Å². The van der Waals surface area contributed by atoms with Crippen molar-refractivity contribution in [3.63, 3.8) is 0 Å². The number of ether oxygens (including phenoxy) is 1. The van der Waals surface area contributed by atoms with Crippen molar-refractivity contribution in [2.45, 2.75) is 44.8 Å². The highest BCUT2D eigenvalue weighted by atomic mass is 32.1. The summed E-state index contributed by atoms with van der Waals surface area (Å²) in [5.74, 6) is -2.18. The normalized spacial score (nSPS) is 18.4. The summed E-state index contributed by atoms with van der Waals surface area (Å²) in [6.07, 6.45) is 7.38. The number of nitrogens with two attached hydrogens (primary N) is 1. The first-order chi connectivity index (χ1) is 16.9. The molecular weight excluding hydrogens is 476 g/mol. The zero-order valence-corrected chi connectivity index (χ0v) is 19.8. The summed E-state index contributed by atoms with van der Waals surface area (Å²) < 4.78 is 35.8. The zero-order valence-electron chi connectivity index (χ0n) is 19.0. The number of hydrogen-bond donors (Lipinski definition) is 3. The number of anilines is 1. The topological polar surface area (TPSA) is 132 Å². The van der Waals surface area contributed by atoms with Crippen molar-refractivity contribution >= 4 is 34.7 Å². The molecule has 1 fully saturated rings. The molecule has 4 rings (SSSR count). The van der Waals surface area contributed by atoms with Gasteiger partial charge in [-0.1, -0.05) is 0 Å². The number of hydrogen-bond acceptors (Lipinski definition) is 8. The summed E-state index contributed by atoms with van der Waals surface area (Å²) in [7, 11) is 0. The van der Waals surface area contributed by atoms with Crippen molar-refractivity contribution < 1.29 is 18.3 Å². The highest BCUT2D eigenvalue weighted by Gasteiger charge is 2.27. The minimum Gasteiger partial charge on any atom is -0.404 e. The maximum atomic E-state index is 14.6. The van der Waals surface area contributed by atoms with E-state index in [4.69, 9.17) is 15.9 Å². The fraction of sp³-hybridized carbons (Fsp3) is 0.348. The van der Waals surface area contributed by atoms with Crippen LogP contribution in [0, 0.1) is 17.2 Å². The predicted molar refractivity (Wildman–Crippen MR) is 129 cm³/mol. The van der Waals surface area contributed by atoms with Gasteiger partial charge in [0.1, 0.15) is 22.1 Å². The van der Waals surface area contributed by atoms with Gasteiger partial charge < -0.3 is 21.2 Å². The summed E-state index contributed by atoms with van der Waals surface area (Å²) in [6, 6.07) is 1.91. The van der Waals surface area contributed by atoms with E-state index in [9.17, 15) is 13.6 Å². The van der Waals surface area contributed by atoms with Crippen LogP contribution in [0.4, 0.5) is 14.5 Å². The van der Waals surface area contributed by atoms with Crippen LogP contribution >= 0.6 is 11.3 Å². The Labute approximate surface area is 204 Å². The van der Waals surface area contributed by atoms with Crippen LogP contribution in [0.15, 0.2) is 29.9 Å². The molecule has 1 aliphatic rings. The second-order valence-corrected chi connectivity index (χ2v) is 8.84. The lowest BCUT2D eigenvalue weighted by molar-refractivity contribution is 0.0260. The summed E-state index contributed by atoms with van der Waals surface area (Å²) in [6.45, 7) is 2.62. The molecule has 0 bridgehead atoms. The predicted octanol–water partition coefficient (Wildman–Crippen LogP) is 4.40. The minimum atomic E-state index is -0.859. The van der Waals surface area contributed by atoms with Gasteiger partial charge in [-0.05, 0) is 44.7 Å². The smallest absolute Gasteiger partial charge is 0.275 e. The second-order valence-electron chi connectivity index (χ2n) is 7.98. The van der Waals surface area contributed by atoms with Gasteiger partial charge in [0.25, 0.3) is 5.91 Å². The van der Waals surface area contributed by atoms with Crippen LogP contribution in [0.3, 0.4) is 0 Å². The van der Waals surface area contributed by atoms with E-state index < -0.39 is 17.7 Å². The maximum absolute atomic E-state index is 14.6. The lowest BCUT2D eigenvalue weighted by Crippen LogP contribution is -2.24. The monoisotopic (exact) mass is 501 g/mol. The summed E-state index contributed by atoms with van der Waals surface area (Å²) >= 11 is 1.16. The van der Waals surface area contributed by atoms with Crippen LogP contribution in [0.5, 0.6) is 0 Å². The van der Waals surface area contributed by atoms with Crippen LogP contribution in [-0.2, 0) is 4.74 Å². The molecule has 0 aliphatic heterocycles. The molecule has 0 radical (unpaired) electrons. The van der Waals surface area contributed by atoms with Crippen LogP contribution < -0.4 is 11.1 Å². The summed E-state index contributed by atoms with van der Waals surface area (Å²) in [4.78, 5) is 20.8. The van der Waals surface area contributed by atoms with Crippen LogP contribution in [0.25, 0.3) is 17.0 Å². The number of halogens is 2. The first-order valence-corrected chi connectivity index (χ1v) is 12.0. The van der Waals surface area contributed by atoms with Gasteiger partial charge in [0.05, 0.1) is 17.8 Å². The van der Waals surface area contributed by atoms with E-state index in [-0.39, 0.29) is 34.9 Å². The lowest BCUT2D eigenvalue weighted by Gasteiger charge is -2.28. The van der Waals surface area contributed by atoms with E-state index in [2.05, 4.69) is 20.4 Å². The average molecular weight is 502 g/mol. The number of thiazole rings is 1. The second kappa shape index (κ2) is 10.8. The number of nitrogens with zero attached hydrogens (tertiary/aromatic N) is 4. The van der Waals surface area contributed by atoms with Crippen molar-refractivity contribution in [3.8, 4) is 11.4 Å². The number of allylic oxidation sites excluding steroid dienone is 1.